The summed E-state index contributed by atoms with van der Waals surface area (Å²) in [5.41, 5.74) is 0. The quantitative estimate of drug-likeness (QED) is 0.790. The minimum absolute atomic E-state index is 0.419. The zero-order valence-electron chi connectivity index (χ0n) is 5.05. The molecular formula is C6H6BrClOS. The highest BCUT2D eigenvalue weighted by Crippen LogP contribution is 2.27. The van der Waals surface area contributed by atoms with E-state index in [0.29, 0.717) is 5.33 Å². The van der Waals surface area contributed by atoms with Gasteiger partial charge in [0.15, 0.2) is 0 Å². The van der Waals surface area contributed by atoms with Gasteiger partial charge in [-0.3, -0.25) is 0 Å². The molecule has 56 valence electrons. The van der Waals surface area contributed by atoms with Gasteiger partial charge in [0.2, 0.25) is 0 Å². The first kappa shape index (κ1) is 8.53. The Kier molecular flexibility index (Phi) is 3.17. The van der Waals surface area contributed by atoms with Gasteiger partial charge in [0.25, 0.3) is 0 Å². The molecule has 1 aromatic rings. The molecule has 0 aliphatic rings. The third kappa shape index (κ3) is 1.95. The number of aliphatic hydroxyl groups is 1. The molecule has 0 spiro atoms. The zero-order valence-corrected chi connectivity index (χ0v) is 8.21. The second-order valence-corrected chi connectivity index (χ2v) is 4.21. The summed E-state index contributed by atoms with van der Waals surface area (Å²) in [5, 5.41) is 9.81. The fourth-order valence-corrected chi connectivity index (χ4v) is 2.19. The zero-order chi connectivity index (χ0) is 7.56. The Balaban J connectivity index is 2.74. The summed E-state index contributed by atoms with van der Waals surface area (Å²) < 4.78 is 0.718. The fraction of sp³-hybridized carbons (Fsp3) is 0.333. The summed E-state index contributed by atoms with van der Waals surface area (Å²) in [7, 11) is 0. The molecule has 0 aromatic carbocycles. The van der Waals surface area contributed by atoms with Crippen molar-refractivity contribution in [1.29, 1.82) is 0 Å². The molecule has 4 heteroatoms. The van der Waals surface area contributed by atoms with Gasteiger partial charge in [-0.25, -0.2) is 0 Å². The van der Waals surface area contributed by atoms with Gasteiger partial charge < -0.3 is 5.11 Å². The van der Waals surface area contributed by atoms with Gasteiger partial charge in [0.1, 0.15) is 0 Å². The van der Waals surface area contributed by atoms with Crippen LogP contribution in [0.2, 0.25) is 4.34 Å². The predicted octanol–water partition coefficient (Wildman–Crippen LogP) is 2.83. The Bertz CT molecular complexity index is 213. The van der Waals surface area contributed by atoms with Crippen LogP contribution in [-0.2, 0) is 0 Å². The standard InChI is InChI=1S/C6H6BrClOS/c7-3-4(9)5-1-2-6(8)10-5/h1-2,4,9H,3H2. The van der Waals surface area contributed by atoms with Crippen LogP contribution in [0.3, 0.4) is 0 Å². The average Bonchev–Trinajstić information content (AvgIpc) is 2.34. The van der Waals surface area contributed by atoms with Crippen LogP contribution in [0.15, 0.2) is 12.1 Å². The lowest BCUT2D eigenvalue weighted by molar-refractivity contribution is 0.209. The van der Waals surface area contributed by atoms with Crippen LogP contribution in [0.4, 0.5) is 0 Å². The van der Waals surface area contributed by atoms with Crippen molar-refractivity contribution in [2.24, 2.45) is 0 Å². The molecule has 1 aromatic heterocycles. The van der Waals surface area contributed by atoms with Crippen molar-refractivity contribution in [1.82, 2.24) is 0 Å². The minimum Gasteiger partial charge on any atom is -0.387 e. The first-order valence-electron chi connectivity index (χ1n) is 2.73. The molecule has 0 radical (unpaired) electrons. The Labute approximate surface area is 76.8 Å². The molecule has 0 saturated heterocycles. The molecule has 1 atom stereocenters. The second-order valence-electron chi connectivity index (χ2n) is 1.81. The molecule has 1 unspecified atom stereocenters. The molecule has 0 fully saturated rings. The Morgan fingerprint density at radius 1 is 1.70 bits per heavy atom. The summed E-state index contributed by atoms with van der Waals surface area (Å²) in [6.45, 7) is 0. The van der Waals surface area contributed by atoms with Crippen molar-refractivity contribution >= 4 is 38.9 Å². The predicted molar refractivity (Wildman–Crippen MR) is 48.1 cm³/mol. The van der Waals surface area contributed by atoms with E-state index in [0.717, 1.165) is 9.21 Å². The van der Waals surface area contributed by atoms with Gasteiger partial charge in [-0.2, -0.15) is 0 Å². The first-order chi connectivity index (χ1) is 4.74. The largest absolute Gasteiger partial charge is 0.387 e. The molecule has 0 aliphatic heterocycles. The van der Waals surface area contributed by atoms with Gasteiger partial charge in [0.05, 0.1) is 10.4 Å². The van der Waals surface area contributed by atoms with E-state index in [1.165, 1.54) is 11.3 Å². The molecule has 0 aliphatic carbocycles. The van der Waals surface area contributed by atoms with Crippen LogP contribution in [0.5, 0.6) is 0 Å². The third-order valence-corrected chi connectivity index (χ3v) is 3.01. The fourth-order valence-electron chi connectivity index (χ4n) is 0.583. The number of aliphatic hydroxyl groups excluding tert-OH is 1. The summed E-state index contributed by atoms with van der Waals surface area (Å²) in [6, 6.07) is 3.62. The summed E-state index contributed by atoms with van der Waals surface area (Å²) in [6.07, 6.45) is -0.419. The van der Waals surface area contributed by atoms with E-state index in [9.17, 15) is 5.11 Å². The summed E-state index contributed by atoms with van der Waals surface area (Å²) in [4.78, 5) is 0.905. The molecule has 0 saturated carbocycles. The lowest BCUT2D eigenvalue weighted by atomic mass is 10.3. The number of halogens is 2. The SMILES string of the molecule is OC(CBr)c1ccc(Cl)s1. The summed E-state index contributed by atoms with van der Waals surface area (Å²) >= 11 is 10.2. The number of hydrogen-bond donors (Lipinski definition) is 1. The van der Waals surface area contributed by atoms with Crippen LogP contribution in [0, 0.1) is 0 Å². The third-order valence-electron chi connectivity index (χ3n) is 1.07. The number of thiophene rings is 1. The van der Waals surface area contributed by atoms with Gasteiger partial charge in [-0.05, 0) is 12.1 Å². The maximum absolute atomic E-state index is 9.25. The molecule has 0 amide bonds. The van der Waals surface area contributed by atoms with Gasteiger partial charge in [-0.1, -0.05) is 27.5 Å². The molecule has 1 rings (SSSR count). The smallest absolute Gasteiger partial charge is 0.0978 e. The molecule has 10 heavy (non-hydrogen) atoms. The van der Waals surface area contributed by atoms with Crippen molar-refractivity contribution in [3.05, 3.63) is 21.3 Å². The van der Waals surface area contributed by atoms with Crippen molar-refractivity contribution < 1.29 is 5.11 Å². The molecular weight excluding hydrogens is 235 g/mol. The topological polar surface area (TPSA) is 20.2 Å². The Morgan fingerprint density at radius 3 is 2.80 bits per heavy atom. The number of hydrogen-bond acceptors (Lipinski definition) is 2. The highest BCUT2D eigenvalue weighted by molar-refractivity contribution is 9.09. The number of rotatable bonds is 2. The second kappa shape index (κ2) is 3.72. The van der Waals surface area contributed by atoms with Crippen LogP contribution >= 0.6 is 38.9 Å². The lowest BCUT2D eigenvalue weighted by Gasteiger charge is -2.00. The van der Waals surface area contributed by atoms with Crippen LogP contribution < -0.4 is 0 Å². The van der Waals surface area contributed by atoms with E-state index in [1.807, 2.05) is 6.07 Å². The van der Waals surface area contributed by atoms with Crippen molar-refractivity contribution in [2.45, 2.75) is 6.10 Å². The number of alkyl halides is 1. The van der Waals surface area contributed by atoms with E-state index >= 15 is 0 Å². The van der Waals surface area contributed by atoms with Crippen LogP contribution in [0.1, 0.15) is 11.0 Å². The molecule has 1 nitrogen and oxygen atoms in total. The normalized spacial score (nSPS) is 13.5. The highest BCUT2D eigenvalue weighted by atomic mass is 79.9. The van der Waals surface area contributed by atoms with Crippen LogP contribution in [0.25, 0.3) is 0 Å². The van der Waals surface area contributed by atoms with Gasteiger partial charge in [-0.15, -0.1) is 11.3 Å². The maximum atomic E-state index is 9.25. The van der Waals surface area contributed by atoms with Crippen LogP contribution in [-0.4, -0.2) is 10.4 Å². The van der Waals surface area contributed by atoms with Crippen molar-refractivity contribution in [3.8, 4) is 0 Å². The Morgan fingerprint density at radius 2 is 2.40 bits per heavy atom. The molecule has 1 N–H and O–H groups in total. The minimum atomic E-state index is -0.419. The average molecular weight is 242 g/mol. The van der Waals surface area contributed by atoms with Crippen molar-refractivity contribution in [3.63, 3.8) is 0 Å². The van der Waals surface area contributed by atoms with Gasteiger partial charge in [0, 0.05) is 10.2 Å². The lowest BCUT2D eigenvalue weighted by Crippen LogP contribution is -1.93. The van der Waals surface area contributed by atoms with Gasteiger partial charge >= 0.3 is 0 Å². The van der Waals surface area contributed by atoms with E-state index < -0.39 is 6.10 Å². The van der Waals surface area contributed by atoms with Crippen molar-refractivity contribution in [2.75, 3.05) is 5.33 Å². The van der Waals surface area contributed by atoms with E-state index in [-0.39, 0.29) is 0 Å². The molecule has 1 heterocycles. The van der Waals surface area contributed by atoms with E-state index in [2.05, 4.69) is 15.9 Å². The monoisotopic (exact) mass is 240 g/mol. The molecule has 0 bridgehead atoms. The Hall–Kier alpha value is 0.430. The maximum Gasteiger partial charge on any atom is 0.0978 e. The first-order valence-corrected chi connectivity index (χ1v) is 5.05. The van der Waals surface area contributed by atoms with E-state index in [4.69, 9.17) is 11.6 Å². The van der Waals surface area contributed by atoms with E-state index in [1.54, 1.807) is 6.07 Å². The highest BCUT2D eigenvalue weighted by Gasteiger charge is 2.06. The summed E-state index contributed by atoms with van der Waals surface area (Å²) in [5.74, 6) is 0.